The maximum atomic E-state index is 9.68. The normalized spacial score (nSPS) is 8.50. The summed E-state index contributed by atoms with van der Waals surface area (Å²) in [4.78, 5) is 19.4. The maximum absolute atomic E-state index is 9.68. The molecule has 0 aliphatic carbocycles. The van der Waals surface area contributed by atoms with Crippen LogP contribution >= 0.6 is 0 Å². The van der Waals surface area contributed by atoms with Gasteiger partial charge in [-0.05, 0) is 12.8 Å². The van der Waals surface area contributed by atoms with Crippen LogP contribution in [0.3, 0.4) is 0 Å². The average Bonchev–Trinajstić information content (AvgIpc) is 1.81. The molecule has 0 saturated carbocycles. The van der Waals surface area contributed by atoms with Crippen LogP contribution < -0.4 is 0 Å². The van der Waals surface area contributed by atoms with Crippen LogP contribution in [0.4, 0.5) is 0 Å². The van der Waals surface area contributed by atoms with Crippen molar-refractivity contribution in [3.05, 3.63) is 0 Å². The van der Waals surface area contributed by atoms with Crippen molar-refractivity contribution in [3.63, 3.8) is 0 Å². The molecule has 0 aromatic heterocycles. The standard InChI is InChI=1S/C6H10O2/c7-5-3-1-2-4-6-8/h5-6H,1-4H2/i5+1,6+1. The quantitative estimate of drug-likeness (QED) is 0.304. The van der Waals surface area contributed by atoms with E-state index < -0.39 is 0 Å². The Hall–Kier alpha value is -0.660. The third-order valence-corrected chi connectivity index (χ3v) is 0.894. The van der Waals surface area contributed by atoms with Crippen LogP contribution in [0.2, 0.25) is 0 Å². The van der Waals surface area contributed by atoms with Gasteiger partial charge in [0.2, 0.25) is 0 Å². The second kappa shape index (κ2) is 6.34. The fourth-order valence-corrected chi connectivity index (χ4v) is 0.455. The number of hydrogen-bond acceptors (Lipinski definition) is 2. The molecule has 0 rings (SSSR count). The molecule has 0 aromatic carbocycles. The van der Waals surface area contributed by atoms with Gasteiger partial charge >= 0.3 is 0 Å². The Kier molecular flexibility index (Phi) is 5.82. The van der Waals surface area contributed by atoms with Crippen LogP contribution in [0.15, 0.2) is 0 Å². The van der Waals surface area contributed by atoms with Crippen LogP contribution in [-0.4, -0.2) is 12.6 Å². The Bertz CT molecular complexity index is 58.9. The molecule has 0 unspecified atom stereocenters. The van der Waals surface area contributed by atoms with E-state index in [1.807, 2.05) is 0 Å². The first-order valence-electron chi connectivity index (χ1n) is 2.79. The van der Waals surface area contributed by atoms with E-state index in [1.54, 1.807) is 0 Å². The van der Waals surface area contributed by atoms with Crippen LogP contribution in [-0.2, 0) is 9.59 Å². The van der Waals surface area contributed by atoms with Gasteiger partial charge < -0.3 is 9.59 Å². The van der Waals surface area contributed by atoms with Crippen molar-refractivity contribution in [2.75, 3.05) is 0 Å². The molecule has 8 heavy (non-hydrogen) atoms. The Morgan fingerprint density at radius 3 is 1.50 bits per heavy atom. The summed E-state index contributed by atoms with van der Waals surface area (Å²) in [6, 6.07) is 0. The van der Waals surface area contributed by atoms with E-state index in [4.69, 9.17) is 0 Å². The summed E-state index contributed by atoms with van der Waals surface area (Å²) in [5, 5.41) is 0. The molecular weight excluding hydrogens is 106 g/mol. The first-order valence-corrected chi connectivity index (χ1v) is 2.79. The number of hydrogen-bond donors (Lipinski definition) is 0. The lowest BCUT2D eigenvalue weighted by Gasteiger charge is -1.85. The fourth-order valence-electron chi connectivity index (χ4n) is 0.455. The van der Waals surface area contributed by atoms with Crippen molar-refractivity contribution >= 4 is 12.6 Å². The molecule has 0 saturated heterocycles. The predicted molar refractivity (Wildman–Crippen MR) is 30.6 cm³/mol. The van der Waals surface area contributed by atoms with E-state index in [-0.39, 0.29) is 0 Å². The lowest BCUT2D eigenvalue weighted by Crippen LogP contribution is -1.78. The van der Waals surface area contributed by atoms with Crippen molar-refractivity contribution in [2.45, 2.75) is 25.7 Å². The van der Waals surface area contributed by atoms with Crippen LogP contribution in [0.25, 0.3) is 0 Å². The summed E-state index contributed by atoms with van der Waals surface area (Å²) >= 11 is 0. The average molecular weight is 116 g/mol. The van der Waals surface area contributed by atoms with Crippen molar-refractivity contribution < 1.29 is 9.59 Å². The van der Waals surface area contributed by atoms with Gasteiger partial charge in [-0.2, -0.15) is 0 Å². The molecule has 0 aromatic rings. The Labute approximate surface area is 48.9 Å². The monoisotopic (exact) mass is 116 g/mol. The number of carbonyl (C=O) groups excluding carboxylic acids is 2. The van der Waals surface area contributed by atoms with E-state index in [0.717, 1.165) is 25.4 Å². The highest BCUT2D eigenvalue weighted by atomic mass is 16.2. The predicted octanol–water partition coefficient (Wildman–Crippen LogP) is 0.945. The zero-order chi connectivity index (χ0) is 6.24. The molecule has 0 N–H and O–H groups in total. The molecule has 2 nitrogen and oxygen atoms in total. The molecule has 0 amide bonds. The topological polar surface area (TPSA) is 34.1 Å². The zero-order valence-electron chi connectivity index (χ0n) is 4.80. The second-order valence-corrected chi connectivity index (χ2v) is 1.62. The molecule has 0 fully saturated rings. The van der Waals surface area contributed by atoms with E-state index >= 15 is 0 Å². The molecule has 0 spiro atoms. The molecule has 2 heteroatoms. The SMILES string of the molecule is O=[13CH]CCCC[13CH]=O. The zero-order valence-corrected chi connectivity index (χ0v) is 4.80. The van der Waals surface area contributed by atoms with Gasteiger partial charge in [-0.3, -0.25) is 0 Å². The van der Waals surface area contributed by atoms with E-state index in [1.165, 1.54) is 0 Å². The Balaban J connectivity index is 2.71. The number of unbranched alkanes of at least 4 members (excludes halogenated alkanes) is 3. The summed E-state index contributed by atoms with van der Waals surface area (Å²) in [5.74, 6) is 0. The summed E-state index contributed by atoms with van der Waals surface area (Å²) in [6.45, 7) is 0. The smallest absolute Gasteiger partial charge is 0.119 e. The van der Waals surface area contributed by atoms with Gasteiger partial charge in [0.1, 0.15) is 12.6 Å². The van der Waals surface area contributed by atoms with Gasteiger partial charge in [-0.1, -0.05) is 0 Å². The van der Waals surface area contributed by atoms with Crippen LogP contribution in [0.5, 0.6) is 0 Å². The lowest BCUT2D eigenvalue weighted by molar-refractivity contribution is -0.109. The highest BCUT2D eigenvalue weighted by Gasteiger charge is 1.83. The Morgan fingerprint density at radius 1 is 0.875 bits per heavy atom. The Morgan fingerprint density at radius 2 is 1.25 bits per heavy atom. The summed E-state index contributed by atoms with van der Waals surface area (Å²) in [6.07, 6.45) is 4.64. The van der Waals surface area contributed by atoms with Gasteiger partial charge in [0, 0.05) is 12.8 Å². The van der Waals surface area contributed by atoms with Gasteiger partial charge in [0.25, 0.3) is 0 Å². The van der Waals surface area contributed by atoms with Gasteiger partial charge in [0.15, 0.2) is 0 Å². The number of aldehydes is 2. The minimum absolute atomic E-state index is 0.591. The minimum atomic E-state index is 0.591. The first-order chi connectivity index (χ1) is 3.91. The van der Waals surface area contributed by atoms with Crippen molar-refractivity contribution in [3.8, 4) is 0 Å². The molecular formula is C6H10O2. The molecule has 0 aliphatic rings. The van der Waals surface area contributed by atoms with Crippen LogP contribution in [0, 0.1) is 0 Å². The molecule has 0 aliphatic heterocycles. The van der Waals surface area contributed by atoms with Gasteiger partial charge in [-0.25, -0.2) is 0 Å². The molecule has 0 radical (unpaired) electrons. The lowest BCUT2D eigenvalue weighted by atomic mass is 10.3. The summed E-state index contributed by atoms with van der Waals surface area (Å²) in [7, 11) is 0. The van der Waals surface area contributed by atoms with Gasteiger partial charge in [-0.15, -0.1) is 0 Å². The van der Waals surface area contributed by atoms with E-state index in [2.05, 4.69) is 0 Å². The molecule has 0 atom stereocenters. The summed E-state index contributed by atoms with van der Waals surface area (Å²) in [5.41, 5.74) is 0. The summed E-state index contributed by atoms with van der Waals surface area (Å²) < 4.78 is 0. The van der Waals surface area contributed by atoms with Crippen LogP contribution in [0.1, 0.15) is 25.7 Å². The second-order valence-electron chi connectivity index (χ2n) is 1.62. The highest BCUT2D eigenvalue weighted by Crippen LogP contribution is 1.93. The molecule has 0 heterocycles. The largest absolute Gasteiger partial charge is 0.303 e. The fraction of sp³-hybridized carbons (Fsp3) is 0.667. The van der Waals surface area contributed by atoms with E-state index in [9.17, 15) is 9.59 Å². The first kappa shape index (κ1) is 7.34. The molecule has 0 bridgehead atoms. The number of rotatable bonds is 5. The van der Waals surface area contributed by atoms with Gasteiger partial charge in [0.05, 0.1) is 0 Å². The number of carbonyl (C=O) groups is 2. The van der Waals surface area contributed by atoms with E-state index in [0.29, 0.717) is 12.8 Å². The minimum Gasteiger partial charge on any atom is -0.303 e. The maximum Gasteiger partial charge on any atom is 0.119 e. The highest BCUT2D eigenvalue weighted by molar-refractivity contribution is 5.50. The third kappa shape index (κ3) is 5.34. The third-order valence-electron chi connectivity index (χ3n) is 0.894. The van der Waals surface area contributed by atoms with Crippen molar-refractivity contribution in [1.29, 1.82) is 0 Å². The molecule has 46 valence electrons. The van der Waals surface area contributed by atoms with Crippen molar-refractivity contribution in [2.24, 2.45) is 0 Å². The van der Waals surface area contributed by atoms with Crippen molar-refractivity contribution in [1.82, 2.24) is 0 Å².